The molecule has 0 unspecified atom stereocenters. The third kappa shape index (κ3) is 2.30. The summed E-state index contributed by atoms with van der Waals surface area (Å²) in [5, 5.41) is 8.92. The van der Waals surface area contributed by atoms with Gasteiger partial charge in [0.05, 0.1) is 10.9 Å². The molecular weight excluding hydrogens is 278 g/mol. The second-order valence-electron chi connectivity index (χ2n) is 5.56. The van der Waals surface area contributed by atoms with Crippen molar-refractivity contribution in [1.82, 2.24) is 14.8 Å². The molecular formula is C16H21N5O. The molecule has 0 fully saturated rings. The molecule has 0 aliphatic rings. The summed E-state index contributed by atoms with van der Waals surface area (Å²) in [6.07, 6.45) is 1.57. The Morgan fingerprint density at radius 3 is 2.82 bits per heavy atom. The van der Waals surface area contributed by atoms with Gasteiger partial charge in [-0.05, 0) is 50.6 Å². The predicted octanol–water partition coefficient (Wildman–Crippen LogP) is 1.04. The number of H-pyrrole nitrogens is 1. The molecule has 0 saturated heterocycles. The standard InChI is InChI=1S/C16H21N5O/c1-10-14-15(20-19-10)12-9-11(5-7-18)3-4-13(12)21(16(14)22)8-2-6-17/h3-4,9H,2,5-8,17-18H2,1H3,(H,19,20). The number of pyridine rings is 1. The van der Waals surface area contributed by atoms with Gasteiger partial charge in [0.25, 0.3) is 5.56 Å². The maximum absolute atomic E-state index is 12.8. The van der Waals surface area contributed by atoms with E-state index >= 15 is 0 Å². The third-order valence-corrected chi connectivity index (χ3v) is 4.03. The van der Waals surface area contributed by atoms with E-state index in [4.69, 9.17) is 11.5 Å². The van der Waals surface area contributed by atoms with Crippen molar-refractivity contribution >= 4 is 21.8 Å². The molecule has 116 valence electrons. The number of benzene rings is 1. The Morgan fingerprint density at radius 2 is 2.09 bits per heavy atom. The molecule has 6 nitrogen and oxygen atoms in total. The van der Waals surface area contributed by atoms with Gasteiger partial charge in [0, 0.05) is 17.6 Å². The fourth-order valence-electron chi connectivity index (χ4n) is 2.93. The average molecular weight is 299 g/mol. The number of aryl methyl sites for hydroxylation is 2. The molecule has 0 bridgehead atoms. The number of nitrogens with two attached hydrogens (primary N) is 2. The lowest BCUT2D eigenvalue weighted by Gasteiger charge is -2.12. The molecule has 0 radical (unpaired) electrons. The van der Waals surface area contributed by atoms with E-state index in [0.717, 1.165) is 40.5 Å². The zero-order chi connectivity index (χ0) is 15.7. The topological polar surface area (TPSA) is 103 Å². The van der Waals surface area contributed by atoms with Crippen LogP contribution in [0.15, 0.2) is 23.0 Å². The van der Waals surface area contributed by atoms with Crippen LogP contribution < -0.4 is 17.0 Å². The first kappa shape index (κ1) is 14.7. The van der Waals surface area contributed by atoms with Gasteiger partial charge in [0.1, 0.15) is 5.52 Å². The highest BCUT2D eigenvalue weighted by molar-refractivity contribution is 6.04. The summed E-state index contributed by atoms with van der Waals surface area (Å²) in [4.78, 5) is 12.8. The van der Waals surface area contributed by atoms with E-state index in [-0.39, 0.29) is 5.56 Å². The van der Waals surface area contributed by atoms with Gasteiger partial charge in [0.2, 0.25) is 0 Å². The lowest BCUT2D eigenvalue weighted by atomic mass is 10.1. The van der Waals surface area contributed by atoms with Crippen LogP contribution in [0, 0.1) is 6.92 Å². The van der Waals surface area contributed by atoms with Gasteiger partial charge in [-0.2, -0.15) is 5.10 Å². The van der Waals surface area contributed by atoms with Crippen LogP contribution in [0.25, 0.3) is 21.8 Å². The quantitative estimate of drug-likeness (QED) is 0.655. The number of rotatable bonds is 5. The molecule has 3 rings (SSSR count). The van der Waals surface area contributed by atoms with Crippen LogP contribution in [0.2, 0.25) is 0 Å². The van der Waals surface area contributed by atoms with Crippen LogP contribution in [0.1, 0.15) is 17.7 Å². The highest BCUT2D eigenvalue weighted by Gasteiger charge is 2.15. The zero-order valence-corrected chi connectivity index (χ0v) is 12.7. The predicted molar refractivity (Wildman–Crippen MR) is 89.0 cm³/mol. The Kier molecular flexibility index (Phi) is 3.96. The fourth-order valence-corrected chi connectivity index (χ4v) is 2.93. The van der Waals surface area contributed by atoms with Crippen LogP contribution in [-0.2, 0) is 13.0 Å². The molecule has 2 aromatic heterocycles. The van der Waals surface area contributed by atoms with E-state index < -0.39 is 0 Å². The van der Waals surface area contributed by atoms with Gasteiger partial charge in [-0.15, -0.1) is 0 Å². The summed E-state index contributed by atoms with van der Waals surface area (Å²) in [5.74, 6) is 0. The van der Waals surface area contributed by atoms with Crippen molar-refractivity contribution in [1.29, 1.82) is 0 Å². The molecule has 0 aliphatic carbocycles. The fraction of sp³-hybridized carbons (Fsp3) is 0.375. The Morgan fingerprint density at radius 1 is 1.27 bits per heavy atom. The maximum Gasteiger partial charge on any atom is 0.262 e. The SMILES string of the molecule is Cc1[nH]nc2c1c(=O)n(CCCN)c1ccc(CCN)cc21. The number of nitrogens with one attached hydrogen (secondary N) is 1. The minimum absolute atomic E-state index is 0.00576. The summed E-state index contributed by atoms with van der Waals surface area (Å²) < 4.78 is 1.80. The minimum atomic E-state index is -0.00576. The van der Waals surface area contributed by atoms with Crippen molar-refractivity contribution in [3.63, 3.8) is 0 Å². The van der Waals surface area contributed by atoms with Crippen LogP contribution in [-0.4, -0.2) is 27.9 Å². The Bertz CT molecular complexity index is 877. The van der Waals surface area contributed by atoms with Gasteiger partial charge >= 0.3 is 0 Å². The number of fused-ring (bicyclic) bond motifs is 3. The molecule has 0 amide bonds. The first-order valence-corrected chi connectivity index (χ1v) is 7.57. The number of hydrogen-bond donors (Lipinski definition) is 3. The van der Waals surface area contributed by atoms with E-state index in [1.165, 1.54) is 0 Å². The first-order chi connectivity index (χ1) is 10.7. The van der Waals surface area contributed by atoms with Gasteiger partial charge in [-0.1, -0.05) is 6.07 Å². The van der Waals surface area contributed by atoms with Crippen LogP contribution in [0.4, 0.5) is 0 Å². The number of nitrogens with zero attached hydrogens (tertiary/aromatic N) is 2. The second kappa shape index (κ2) is 5.90. The number of aromatic nitrogens is 3. The van der Waals surface area contributed by atoms with Gasteiger partial charge in [-0.3, -0.25) is 9.89 Å². The molecule has 2 heterocycles. The van der Waals surface area contributed by atoms with E-state index in [1.807, 2.05) is 19.1 Å². The second-order valence-corrected chi connectivity index (χ2v) is 5.56. The Balaban J connectivity index is 2.37. The molecule has 3 aromatic rings. The van der Waals surface area contributed by atoms with Crippen molar-refractivity contribution in [2.75, 3.05) is 13.1 Å². The molecule has 1 aromatic carbocycles. The summed E-state index contributed by atoms with van der Waals surface area (Å²) in [7, 11) is 0. The number of hydrogen-bond acceptors (Lipinski definition) is 4. The van der Waals surface area contributed by atoms with Crippen molar-refractivity contribution < 1.29 is 0 Å². The first-order valence-electron chi connectivity index (χ1n) is 7.57. The summed E-state index contributed by atoms with van der Waals surface area (Å²) in [5.41, 5.74) is 14.8. The van der Waals surface area contributed by atoms with Crippen molar-refractivity contribution in [3.05, 3.63) is 39.8 Å². The third-order valence-electron chi connectivity index (χ3n) is 4.03. The van der Waals surface area contributed by atoms with Crippen molar-refractivity contribution in [2.45, 2.75) is 26.3 Å². The molecule has 0 aliphatic heterocycles. The van der Waals surface area contributed by atoms with Gasteiger partial charge in [-0.25, -0.2) is 0 Å². The van der Waals surface area contributed by atoms with Crippen molar-refractivity contribution in [3.8, 4) is 0 Å². The number of aromatic amines is 1. The van der Waals surface area contributed by atoms with Crippen molar-refractivity contribution in [2.24, 2.45) is 11.5 Å². The minimum Gasteiger partial charge on any atom is -0.330 e. The zero-order valence-electron chi connectivity index (χ0n) is 12.7. The summed E-state index contributed by atoms with van der Waals surface area (Å²) in [6.45, 7) is 3.64. The molecule has 0 atom stereocenters. The van der Waals surface area contributed by atoms with Crippen LogP contribution >= 0.6 is 0 Å². The monoisotopic (exact) mass is 299 g/mol. The largest absolute Gasteiger partial charge is 0.330 e. The lowest BCUT2D eigenvalue weighted by Crippen LogP contribution is -2.22. The van der Waals surface area contributed by atoms with E-state index in [9.17, 15) is 4.79 Å². The maximum atomic E-state index is 12.8. The van der Waals surface area contributed by atoms with Crippen LogP contribution in [0.5, 0.6) is 0 Å². The summed E-state index contributed by atoms with van der Waals surface area (Å²) >= 11 is 0. The average Bonchev–Trinajstić information content (AvgIpc) is 2.90. The van der Waals surface area contributed by atoms with E-state index in [2.05, 4.69) is 16.3 Å². The smallest absolute Gasteiger partial charge is 0.262 e. The lowest BCUT2D eigenvalue weighted by molar-refractivity contribution is 0.654. The summed E-state index contributed by atoms with van der Waals surface area (Å²) in [6, 6.07) is 6.10. The Hall–Kier alpha value is -2.18. The highest BCUT2D eigenvalue weighted by atomic mass is 16.1. The van der Waals surface area contributed by atoms with Crippen LogP contribution in [0.3, 0.4) is 0 Å². The molecule has 0 saturated carbocycles. The molecule has 6 heteroatoms. The van der Waals surface area contributed by atoms with E-state index in [0.29, 0.717) is 25.0 Å². The molecule has 5 N–H and O–H groups in total. The van der Waals surface area contributed by atoms with Gasteiger partial charge in [0.15, 0.2) is 0 Å². The Labute approximate surface area is 128 Å². The van der Waals surface area contributed by atoms with E-state index in [1.54, 1.807) is 4.57 Å². The highest BCUT2D eigenvalue weighted by Crippen LogP contribution is 2.24. The van der Waals surface area contributed by atoms with Gasteiger partial charge < -0.3 is 16.0 Å². The molecule has 22 heavy (non-hydrogen) atoms. The molecule has 0 spiro atoms. The normalized spacial score (nSPS) is 11.6.